The predicted octanol–water partition coefficient (Wildman–Crippen LogP) is 3.38. The molecule has 0 aromatic carbocycles. The summed E-state index contributed by atoms with van der Waals surface area (Å²) < 4.78 is 40.7. The number of Topliss-reactive ketones (excluding diaryl/α,β-unsaturated/α-hetero) is 1. The van der Waals surface area contributed by atoms with Crippen LogP contribution in [0.4, 0.5) is 24.1 Å². The van der Waals surface area contributed by atoms with Crippen LogP contribution >= 0.6 is 11.3 Å². The van der Waals surface area contributed by atoms with Gasteiger partial charge in [-0.3, -0.25) is 4.79 Å². The standard InChI is InChI=1S/C16H15F3N6OS/c17-16(18,19)11-5-8(6-21-13(11)20)12-7-22-15-25(12)24-14(27-15)23-9-1-3-10(26)4-2-9/h5-7,9H,1-4H2,(H2,20,21)(H,23,24). The summed E-state index contributed by atoms with van der Waals surface area (Å²) in [6.45, 7) is 0. The third-order valence-corrected chi connectivity index (χ3v) is 5.33. The molecule has 1 aliphatic carbocycles. The van der Waals surface area contributed by atoms with E-state index in [2.05, 4.69) is 20.4 Å². The summed E-state index contributed by atoms with van der Waals surface area (Å²) in [4.78, 5) is 19.8. The number of nitrogens with two attached hydrogens (primary N) is 1. The normalized spacial score (nSPS) is 16.2. The summed E-state index contributed by atoms with van der Waals surface area (Å²) in [5.74, 6) is -0.305. The van der Waals surface area contributed by atoms with E-state index in [1.807, 2.05) is 0 Å². The van der Waals surface area contributed by atoms with E-state index in [0.29, 0.717) is 28.6 Å². The summed E-state index contributed by atoms with van der Waals surface area (Å²) in [5.41, 5.74) is 4.99. The van der Waals surface area contributed by atoms with E-state index in [1.165, 1.54) is 28.2 Å². The fraction of sp³-hybridized carbons (Fsp3) is 0.375. The Balaban J connectivity index is 1.64. The molecular formula is C16H15F3N6OS. The second kappa shape index (κ2) is 6.48. The van der Waals surface area contributed by atoms with Crippen molar-refractivity contribution in [1.82, 2.24) is 19.6 Å². The quantitative estimate of drug-likeness (QED) is 0.704. The zero-order valence-corrected chi connectivity index (χ0v) is 14.8. The van der Waals surface area contributed by atoms with Gasteiger partial charge >= 0.3 is 6.18 Å². The Hall–Kier alpha value is -2.69. The number of carbonyl (C=O) groups is 1. The molecule has 1 saturated carbocycles. The molecule has 27 heavy (non-hydrogen) atoms. The minimum atomic E-state index is -4.59. The summed E-state index contributed by atoms with van der Waals surface area (Å²) >= 11 is 1.30. The molecule has 3 aromatic heterocycles. The van der Waals surface area contributed by atoms with Gasteiger partial charge in [0.2, 0.25) is 10.1 Å². The van der Waals surface area contributed by atoms with Crippen molar-refractivity contribution in [2.24, 2.45) is 0 Å². The van der Waals surface area contributed by atoms with Crippen molar-refractivity contribution in [3.8, 4) is 11.3 Å². The molecule has 3 N–H and O–H groups in total. The summed E-state index contributed by atoms with van der Waals surface area (Å²) in [6, 6.07) is 1.10. The zero-order chi connectivity index (χ0) is 19.2. The SMILES string of the molecule is Nc1ncc(-c2cnc3sc(NC4CCC(=O)CC4)nn23)cc1C(F)(F)F. The molecular weight excluding hydrogens is 381 g/mol. The molecule has 3 heterocycles. The lowest BCUT2D eigenvalue weighted by Crippen LogP contribution is -2.25. The molecule has 0 saturated heterocycles. The molecule has 0 aliphatic heterocycles. The van der Waals surface area contributed by atoms with Crippen LogP contribution in [0.1, 0.15) is 31.2 Å². The van der Waals surface area contributed by atoms with Gasteiger partial charge in [-0.15, -0.1) is 5.10 Å². The van der Waals surface area contributed by atoms with Gasteiger partial charge in [-0.05, 0) is 18.9 Å². The number of pyridine rings is 1. The molecule has 0 amide bonds. The van der Waals surface area contributed by atoms with Crippen LogP contribution in [0.5, 0.6) is 0 Å². The number of halogens is 3. The van der Waals surface area contributed by atoms with Gasteiger partial charge in [-0.25, -0.2) is 14.5 Å². The van der Waals surface area contributed by atoms with Gasteiger partial charge in [0, 0.05) is 30.6 Å². The molecule has 0 atom stereocenters. The Morgan fingerprint density at radius 3 is 2.67 bits per heavy atom. The number of alkyl halides is 3. The maximum atomic E-state index is 13.1. The average molecular weight is 396 g/mol. The topological polar surface area (TPSA) is 98.2 Å². The summed E-state index contributed by atoms with van der Waals surface area (Å²) in [7, 11) is 0. The van der Waals surface area contributed by atoms with Crippen molar-refractivity contribution >= 4 is 33.0 Å². The minimum Gasteiger partial charge on any atom is -0.383 e. The Labute approximate surface area is 155 Å². The highest BCUT2D eigenvalue weighted by molar-refractivity contribution is 7.20. The number of nitrogens with one attached hydrogen (secondary N) is 1. The second-order valence-electron chi connectivity index (χ2n) is 6.36. The molecule has 142 valence electrons. The molecule has 11 heteroatoms. The first-order valence-electron chi connectivity index (χ1n) is 8.27. The van der Waals surface area contributed by atoms with Crippen molar-refractivity contribution in [2.45, 2.75) is 37.9 Å². The van der Waals surface area contributed by atoms with Crippen molar-refractivity contribution < 1.29 is 18.0 Å². The van der Waals surface area contributed by atoms with E-state index in [4.69, 9.17) is 5.73 Å². The first-order chi connectivity index (χ1) is 12.8. The van der Waals surface area contributed by atoms with Crippen LogP contribution in [-0.2, 0) is 11.0 Å². The third kappa shape index (κ3) is 3.46. The number of hydrogen-bond donors (Lipinski definition) is 2. The summed E-state index contributed by atoms with van der Waals surface area (Å²) in [5, 5.41) is 8.30. The van der Waals surface area contributed by atoms with E-state index in [-0.39, 0.29) is 17.4 Å². The van der Waals surface area contributed by atoms with E-state index < -0.39 is 17.6 Å². The highest BCUT2D eigenvalue weighted by atomic mass is 32.1. The maximum absolute atomic E-state index is 13.1. The Morgan fingerprint density at radius 2 is 1.96 bits per heavy atom. The molecule has 1 fully saturated rings. The van der Waals surface area contributed by atoms with Crippen LogP contribution < -0.4 is 11.1 Å². The van der Waals surface area contributed by atoms with Gasteiger partial charge in [0.15, 0.2) is 0 Å². The van der Waals surface area contributed by atoms with Gasteiger partial charge in [0.25, 0.3) is 0 Å². The Bertz CT molecular complexity index is 1000. The number of ketones is 1. The molecule has 1 aliphatic rings. The van der Waals surface area contributed by atoms with Gasteiger partial charge < -0.3 is 11.1 Å². The molecule has 0 unspecified atom stereocenters. The molecule has 0 bridgehead atoms. The van der Waals surface area contributed by atoms with Gasteiger partial charge in [0.1, 0.15) is 11.6 Å². The van der Waals surface area contributed by atoms with E-state index in [9.17, 15) is 18.0 Å². The number of nitrogen functional groups attached to an aromatic ring is 1. The second-order valence-corrected chi connectivity index (χ2v) is 7.31. The number of fused-ring (bicyclic) bond motifs is 1. The van der Waals surface area contributed by atoms with Crippen LogP contribution in [0.15, 0.2) is 18.5 Å². The number of hydrogen-bond acceptors (Lipinski definition) is 7. The molecule has 7 nitrogen and oxygen atoms in total. The lowest BCUT2D eigenvalue weighted by molar-refractivity contribution is -0.137. The Morgan fingerprint density at radius 1 is 1.22 bits per heavy atom. The van der Waals surface area contributed by atoms with Gasteiger partial charge in [-0.1, -0.05) is 11.3 Å². The van der Waals surface area contributed by atoms with Gasteiger partial charge in [0.05, 0.1) is 17.5 Å². The number of carbonyl (C=O) groups excluding carboxylic acids is 1. The van der Waals surface area contributed by atoms with Crippen LogP contribution in [0.25, 0.3) is 16.2 Å². The summed E-state index contributed by atoms with van der Waals surface area (Å²) in [6.07, 6.45) is 0.701. The number of nitrogens with zero attached hydrogens (tertiary/aromatic N) is 4. The first-order valence-corrected chi connectivity index (χ1v) is 9.09. The first kappa shape index (κ1) is 17.7. The largest absolute Gasteiger partial charge is 0.419 e. The van der Waals surface area contributed by atoms with Crippen molar-refractivity contribution in [3.05, 3.63) is 24.0 Å². The maximum Gasteiger partial charge on any atom is 0.419 e. The zero-order valence-electron chi connectivity index (χ0n) is 14.0. The smallest absolute Gasteiger partial charge is 0.383 e. The van der Waals surface area contributed by atoms with Crippen LogP contribution in [-0.4, -0.2) is 31.4 Å². The van der Waals surface area contributed by atoms with Crippen LogP contribution in [0.3, 0.4) is 0 Å². The Kier molecular flexibility index (Phi) is 4.25. The number of imidazole rings is 1. The number of aromatic nitrogens is 4. The third-order valence-electron chi connectivity index (χ3n) is 4.48. The highest BCUT2D eigenvalue weighted by Gasteiger charge is 2.34. The van der Waals surface area contributed by atoms with Crippen molar-refractivity contribution in [2.75, 3.05) is 11.1 Å². The molecule has 4 rings (SSSR count). The lowest BCUT2D eigenvalue weighted by atomic mass is 9.95. The predicted molar refractivity (Wildman–Crippen MR) is 94.4 cm³/mol. The van der Waals surface area contributed by atoms with E-state index >= 15 is 0 Å². The lowest BCUT2D eigenvalue weighted by Gasteiger charge is -2.21. The fourth-order valence-electron chi connectivity index (χ4n) is 3.05. The monoisotopic (exact) mass is 396 g/mol. The van der Waals surface area contributed by atoms with Crippen LogP contribution in [0, 0.1) is 0 Å². The molecule has 0 spiro atoms. The number of rotatable bonds is 3. The van der Waals surface area contributed by atoms with E-state index in [0.717, 1.165) is 18.9 Å². The highest BCUT2D eigenvalue weighted by Crippen LogP contribution is 2.35. The molecule has 0 radical (unpaired) electrons. The average Bonchev–Trinajstić information content (AvgIpc) is 3.16. The van der Waals surface area contributed by atoms with Crippen molar-refractivity contribution in [3.63, 3.8) is 0 Å². The van der Waals surface area contributed by atoms with E-state index in [1.54, 1.807) is 0 Å². The minimum absolute atomic E-state index is 0.150. The molecule has 3 aromatic rings. The fourth-order valence-corrected chi connectivity index (χ4v) is 3.90. The van der Waals surface area contributed by atoms with Gasteiger partial charge in [-0.2, -0.15) is 13.2 Å². The van der Waals surface area contributed by atoms with Crippen molar-refractivity contribution in [1.29, 1.82) is 0 Å². The van der Waals surface area contributed by atoms with Crippen LogP contribution in [0.2, 0.25) is 0 Å². The number of anilines is 2.